The maximum absolute atomic E-state index is 11.5. The van der Waals surface area contributed by atoms with E-state index in [9.17, 15) is 4.79 Å². The number of imidazole rings is 1. The Morgan fingerprint density at radius 1 is 0.923 bits per heavy atom. The van der Waals surface area contributed by atoms with E-state index < -0.39 is 0 Å². The van der Waals surface area contributed by atoms with Gasteiger partial charge in [0, 0.05) is 30.2 Å². The fourth-order valence-electron chi connectivity index (χ4n) is 4.13. The highest BCUT2D eigenvalue weighted by molar-refractivity contribution is 5.97. The third-order valence-electron chi connectivity index (χ3n) is 5.50. The number of nitrogens with one attached hydrogen (secondary N) is 2. The fourth-order valence-corrected chi connectivity index (χ4v) is 4.13. The molecule has 132 valence electrons. The van der Waals surface area contributed by atoms with Crippen molar-refractivity contribution in [1.82, 2.24) is 19.4 Å². The minimum Gasteiger partial charge on any atom is -0.346 e. The quantitative estimate of drug-likeness (QED) is 0.593. The smallest absolute Gasteiger partial charge is 0.323 e. The van der Waals surface area contributed by atoms with Crippen molar-refractivity contribution in [3.63, 3.8) is 0 Å². The summed E-state index contributed by atoms with van der Waals surface area (Å²) in [5.41, 5.74) is 5.11. The first kappa shape index (κ1) is 15.5. The van der Waals surface area contributed by atoms with Gasteiger partial charge in [-0.1, -0.05) is 18.2 Å². The molecule has 1 saturated heterocycles. The van der Waals surface area contributed by atoms with E-state index in [0.29, 0.717) is 0 Å². The predicted molar refractivity (Wildman–Crippen MR) is 106 cm³/mol. The number of hydrogen-bond donors (Lipinski definition) is 2. The second-order valence-electron chi connectivity index (χ2n) is 7.14. The van der Waals surface area contributed by atoms with Crippen molar-refractivity contribution >= 4 is 21.9 Å². The molecule has 0 amide bonds. The normalized spacial score (nSPS) is 15.4. The van der Waals surface area contributed by atoms with Crippen molar-refractivity contribution in [2.45, 2.75) is 19.4 Å². The van der Waals surface area contributed by atoms with Crippen molar-refractivity contribution in [2.75, 3.05) is 19.6 Å². The number of likely N-dealkylation sites (tertiary alicyclic amines) is 1. The van der Waals surface area contributed by atoms with Gasteiger partial charge in [0.2, 0.25) is 0 Å². The molecule has 0 aliphatic carbocycles. The van der Waals surface area contributed by atoms with Crippen LogP contribution in [-0.4, -0.2) is 39.1 Å². The molecule has 2 N–H and O–H groups in total. The summed E-state index contributed by atoms with van der Waals surface area (Å²) in [5, 5.41) is 1.26. The van der Waals surface area contributed by atoms with Crippen LogP contribution < -0.4 is 5.69 Å². The molecule has 1 aliphatic rings. The Morgan fingerprint density at radius 3 is 2.65 bits per heavy atom. The lowest BCUT2D eigenvalue weighted by Gasteiger charge is -2.15. The summed E-state index contributed by atoms with van der Waals surface area (Å²) in [6.07, 6.45) is 4.86. The number of hydrogen-bond acceptors (Lipinski definition) is 2. The van der Waals surface area contributed by atoms with Crippen LogP contribution in [0.3, 0.4) is 0 Å². The summed E-state index contributed by atoms with van der Waals surface area (Å²) in [4.78, 5) is 19.7. The van der Waals surface area contributed by atoms with Gasteiger partial charge >= 0.3 is 5.69 Å². The van der Waals surface area contributed by atoms with Crippen molar-refractivity contribution in [3.05, 3.63) is 59.1 Å². The van der Waals surface area contributed by atoms with Crippen LogP contribution in [0.1, 0.15) is 12.8 Å². The molecular weight excluding hydrogens is 324 g/mol. The van der Waals surface area contributed by atoms with Gasteiger partial charge in [-0.2, -0.15) is 0 Å². The second kappa shape index (κ2) is 6.18. The highest BCUT2D eigenvalue weighted by atomic mass is 16.1. The summed E-state index contributed by atoms with van der Waals surface area (Å²) in [7, 11) is 0. The molecule has 5 heteroatoms. The molecule has 2 aromatic carbocycles. The summed E-state index contributed by atoms with van der Waals surface area (Å²) in [6.45, 7) is 4.61. The van der Waals surface area contributed by atoms with Crippen LogP contribution in [-0.2, 0) is 6.54 Å². The Bertz CT molecular complexity index is 1130. The van der Waals surface area contributed by atoms with E-state index in [-0.39, 0.29) is 5.69 Å². The first-order valence-electron chi connectivity index (χ1n) is 9.30. The Labute approximate surface area is 151 Å². The van der Waals surface area contributed by atoms with Crippen LogP contribution in [0.2, 0.25) is 0 Å². The van der Waals surface area contributed by atoms with Gasteiger partial charge in [0.25, 0.3) is 0 Å². The number of aromatic nitrogens is 3. The van der Waals surface area contributed by atoms with Crippen LogP contribution in [0.5, 0.6) is 0 Å². The van der Waals surface area contributed by atoms with Crippen molar-refractivity contribution in [1.29, 1.82) is 0 Å². The summed E-state index contributed by atoms with van der Waals surface area (Å²) in [5.74, 6) is 0. The van der Waals surface area contributed by atoms with Gasteiger partial charge in [0.15, 0.2) is 0 Å². The molecule has 0 unspecified atom stereocenters. The number of rotatable bonds is 4. The molecule has 0 bridgehead atoms. The van der Waals surface area contributed by atoms with Crippen molar-refractivity contribution in [2.24, 2.45) is 0 Å². The van der Waals surface area contributed by atoms with Crippen LogP contribution in [0, 0.1) is 0 Å². The molecule has 5 rings (SSSR count). The van der Waals surface area contributed by atoms with E-state index in [1.54, 1.807) is 0 Å². The van der Waals surface area contributed by atoms with E-state index in [4.69, 9.17) is 0 Å². The number of aromatic amines is 2. The molecule has 1 fully saturated rings. The molecule has 5 nitrogen and oxygen atoms in total. The van der Waals surface area contributed by atoms with Crippen LogP contribution in [0.4, 0.5) is 0 Å². The molecule has 0 radical (unpaired) electrons. The molecule has 26 heavy (non-hydrogen) atoms. The number of nitrogens with zero attached hydrogens (tertiary/aromatic N) is 2. The maximum atomic E-state index is 11.5. The number of H-pyrrole nitrogens is 2. The Hall–Kier alpha value is -2.79. The average molecular weight is 346 g/mol. The fraction of sp³-hybridized carbons (Fsp3) is 0.286. The second-order valence-corrected chi connectivity index (χ2v) is 7.14. The van der Waals surface area contributed by atoms with E-state index in [1.165, 1.54) is 42.4 Å². The van der Waals surface area contributed by atoms with Crippen LogP contribution in [0.25, 0.3) is 33.1 Å². The highest BCUT2D eigenvalue weighted by Gasteiger charge is 2.13. The first-order chi connectivity index (χ1) is 12.8. The maximum Gasteiger partial charge on any atom is 0.323 e. The van der Waals surface area contributed by atoms with Crippen molar-refractivity contribution in [3.8, 4) is 11.1 Å². The zero-order valence-corrected chi connectivity index (χ0v) is 14.7. The first-order valence-corrected chi connectivity index (χ1v) is 9.30. The van der Waals surface area contributed by atoms with Gasteiger partial charge in [0.05, 0.1) is 11.0 Å². The molecular formula is C21H22N4O. The van der Waals surface area contributed by atoms with E-state index in [0.717, 1.165) is 29.7 Å². The van der Waals surface area contributed by atoms with Crippen LogP contribution in [0.15, 0.2) is 53.5 Å². The lowest BCUT2D eigenvalue weighted by molar-refractivity contribution is 0.324. The molecule has 0 saturated carbocycles. The van der Waals surface area contributed by atoms with Crippen molar-refractivity contribution < 1.29 is 0 Å². The van der Waals surface area contributed by atoms with E-state index in [2.05, 4.69) is 56.0 Å². The molecule has 4 aromatic rings. The number of fused-ring (bicyclic) bond motifs is 2. The van der Waals surface area contributed by atoms with Crippen LogP contribution >= 0.6 is 0 Å². The van der Waals surface area contributed by atoms with Gasteiger partial charge in [-0.15, -0.1) is 0 Å². The Kier molecular flexibility index (Phi) is 3.68. The SMILES string of the molecule is O=c1[nH]c2ccc(-c3cccc4c3ccn4CCN3CCCC3)cc2[nH]1. The van der Waals surface area contributed by atoms with Gasteiger partial charge in [0.1, 0.15) is 0 Å². The third-order valence-corrected chi connectivity index (χ3v) is 5.50. The molecule has 2 aromatic heterocycles. The van der Waals surface area contributed by atoms with E-state index in [1.807, 2.05) is 12.1 Å². The largest absolute Gasteiger partial charge is 0.346 e. The lowest BCUT2D eigenvalue weighted by Crippen LogP contribution is -2.23. The zero-order valence-electron chi connectivity index (χ0n) is 14.7. The predicted octanol–water partition coefficient (Wildman–Crippen LogP) is 3.57. The van der Waals surface area contributed by atoms with E-state index >= 15 is 0 Å². The third kappa shape index (κ3) is 2.65. The summed E-state index contributed by atoms with van der Waals surface area (Å²) in [6, 6.07) is 14.8. The standard InChI is InChI=1S/C21H22N4O/c26-21-22-18-7-6-15(14-19(18)23-21)16-4-3-5-20-17(16)8-11-25(20)13-12-24-9-1-2-10-24/h3-8,11,14H,1-2,9-10,12-13H2,(H2,22,23,26). The zero-order chi connectivity index (χ0) is 17.5. The molecule has 3 heterocycles. The number of benzene rings is 2. The highest BCUT2D eigenvalue weighted by Crippen LogP contribution is 2.30. The topological polar surface area (TPSA) is 56.8 Å². The Balaban J connectivity index is 1.52. The van der Waals surface area contributed by atoms with Gasteiger partial charge < -0.3 is 19.4 Å². The van der Waals surface area contributed by atoms with Gasteiger partial charge in [-0.25, -0.2) is 4.79 Å². The van der Waals surface area contributed by atoms with Gasteiger partial charge in [-0.3, -0.25) is 0 Å². The summed E-state index contributed by atoms with van der Waals surface area (Å²) >= 11 is 0. The minimum atomic E-state index is -0.163. The summed E-state index contributed by atoms with van der Waals surface area (Å²) < 4.78 is 2.36. The Morgan fingerprint density at radius 2 is 1.77 bits per heavy atom. The minimum absolute atomic E-state index is 0.163. The monoisotopic (exact) mass is 346 g/mol. The molecule has 0 spiro atoms. The molecule has 0 atom stereocenters. The molecule has 1 aliphatic heterocycles. The average Bonchev–Trinajstić information content (AvgIpc) is 3.37. The van der Waals surface area contributed by atoms with Gasteiger partial charge in [-0.05, 0) is 61.3 Å². The lowest BCUT2D eigenvalue weighted by atomic mass is 10.0.